The minimum absolute atomic E-state index is 0.0156. The van der Waals surface area contributed by atoms with E-state index in [1.807, 2.05) is 31.2 Å². The number of nitrogens with one attached hydrogen (secondary N) is 1. The number of imidazole rings is 1. The van der Waals surface area contributed by atoms with Gasteiger partial charge in [-0.05, 0) is 61.6 Å². The second-order valence-corrected chi connectivity index (χ2v) is 9.14. The molecule has 0 bridgehead atoms. The van der Waals surface area contributed by atoms with E-state index < -0.39 is 0 Å². The molecule has 0 aliphatic rings. The lowest BCUT2D eigenvalue weighted by Gasteiger charge is -2.12. The molecule has 0 aliphatic carbocycles. The van der Waals surface area contributed by atoms with Crippen molar-refractivity contribution in [3.63, 3.8) is 0 Å². The molecular weight excluding hydrogens is 410 g/mol. The molecule has 0 saturated heterocycles. The quantitative estimate of drug-likeness (QED) is 0.308. The zero-order valence-corrected chi connectivity index (χ0v) is 20.7. The van der Waals surface area contributed by atoms with Gasteiger partial charge in [-0.3, -0.25) is 4.79 Å². The highest BCUT2D eigenvalue weighted by atomic mass is 16.5. The Morgan fingerprint density at radius 1 is 1.06 bits per heavy atom. The van der Waals surface area contributed by atoms with E-state index in [2.05, 4.69) is 48.9 Å². The summed E-state index contributed by atoms with van der Waals surface area (Å²) in [5.74, 6) is 2.52. The standard InChI is InChI=1S/C28H39N3O2/c1-5-7-8-9-17-29-28(32)23-12-15-26-25(20-23)30-27(31(26)18-16-21(3)4)19-22-10-13-24(14-11-22)33-6-2/h10-15,20-21H,5-9,16-19H2,1-4H3,(H,29,32). The number of carbonyl (C=O) groups is 1. The Morgan fingerprint density at radius 3 is 2.55 bits per heavy atom. The number of hydrogen-bond donors (Lipinski definition) is 1. The summed E-state index contributed by atoms with van der Waals surface area (Å²) in [7, 11) is 0. The molecule has 0 fully saturated rings. The van der Waals surface area contributed by atoms with E-state index in [0.717, 1.165) is 61.4 Å². The van der Waals surface area contributed by atoms with Crippen molar-refractivity contribution in [1.82, 2.24) is 14.9 Å². The Kier molecular flexibility index (Phi) is 9.35. The molecule has 1 N–H and O–H groups in total. The minimum atomic E-state index is -0.0156. The van der Waals surface area contributed by atoms with Gasteiger partial charge in [-0.25, -0.2) is 4.98 Å². The number of hydrogen-bond acceptors (Lipinski definition) is 3. The minimum Gasteiger partial charge on any atom is -0.494 e. The van der Waals surface area contributed by atoms with Crippen LogP contribution in [0.15, 0.2) is 42.5 Å². The van der Waals surface area contributed by atoms with Crippen molar-refractivity contribution in [2.45, 2.75) is 72.8 Å². The zero-order valence-electron chi connectivity index (χ0n) is 20.7. The van der Waals surface area contributed by atoms with Crippen LogP contribution in [0.1, 0.15) is 81.5 Å². The van der Waals surface area contributed by atoms with Crippen molar-refractivity contribution in [2.24, 2.45) is 5.92 Å². The van der Waals surface area contributed by atoms with Gasteiger partial charge in [0, 0.05) is 25.1 Å². The molecule has 0 radical (unpaired) electrons. The number of aryl methyl sites for hydroxylation is 1. The molecule has 178 valence electrons. The molecule has 0 aliphatic heterocycles. The summed E-state index contributed by atoms with van der Waals surface area (Å²) in [6.45, 7) is 11.0. The highest BCUT2D eigenvalue weighted by molar-refractivity contribution is 5.97. The largest absolute Gasteiger partial charge is 0.494 e. The van der Waals surface area contributed by atoms with Gasteiger partial charge in [-0.15, -0.1) is 0 Å². The second kappa shape index (κ2) is 12.4. The van der Waals surface area contributed by atoms with Crippen LogP contribution >= 0.6 is 0 Å². The maximum Gasteiger partial charge on any atom is 0.251 e. The van der Waals surface area contributed by atoms with Gasteiger partial charge in [0.25, 0.3) is 5.91 Å². The van der Waals surface area contributed by atoms with Crippen molar-refractivity contribution in [3.8, 4) is 5.75 Å². The van der Waals surface area contributed by atoms with Crippen LogP contribution in [0.25, 0.3) is 11.0 Å². The molecule has 5 heteroatoms. The van der Waals surface area contributed by atoms with Crippen LogP contribution in [0.3, 0.4) is 0 Å². The molecule has 1 heterocycles. The van der Waals surface area contributed by atoms with E-state index in [1.165, 1.54) is 18.4 Å². The lowest BCUT2D eigenvalue weighted by Crippen LogP contribution is -2.24. The fourth-order valence-electron chi connectivity index (χ4n) is 4.00. The van der Waals surface area contributed by atoms with Crippen molar-refractivity contribution in [2.75, 3.05) is 13.2 Å². The summed E-state index contributed by atoms with van der Waals surface area (Å²) in [6, 6.07) is 14.2. The summed E-state index contributed by atoms with van der Waals surface area (Å²) in [5, 5.41) is 3.05. The fraction of sp³-hybridized carbons (Fsp3) is 0.500. The number of fused-ring (bicyclic) bond motifs is 1. The average Bonchev–Trinajstić information content (AvgIpc) is 3.14. The molecule has 2 aromatic carbocycles. The van der Waals surface area contributed by atoms with Gasteiger partial charge in [-0.1, -0.05) is 52.2 Å². The first kappa shape index (κ1) is 24.8. The van der Waals surface area contributed by atoms with Gasteiger partial charge in [-0.2, -0.15) is 0 Å². The number of carbonyl (C=O) groups excluding carboxylic acids is 1. The Labute approximate surface area is 198 Å². The number of aromatic nitrogens is 2. The topological polar surface area (TPSA) is 56.1 Å². The maximum atomic E-state index is 12.6. The monoisotopic (exact) mass is 449 g/mol. The summed E-state index contributed by atoms with van der Waals surface area (Å²) in [6.07, 6.45) is 6.43. The van der Waals surface area contributed by atoms with Crippen molar-refractivity contribution < 1.29 is 9.53 Å². The number of unbranched alkanes of at least 4 members (excludes halogenated alkanes) is 3. The smallest absolute Gasteiger partial charge is 0.251 e. The van der Waals surface area contributed by atoms with E-state index in [4.69, 9.17) is 9.72 Å². The van der Waals surface area contributed by atoms with Crippen LogP contribution in [0.4, 0.5) is 0 Å². The molecule has 33 heavy (non-hydrogen) atoms. The number of ether oxygens (including phenoxy) is 1. The van der Waals surface area contributed by atoms with Crippen LogP contribution in [-0.2, 0) is 13.0 Å². The van der Waals surface area contributed by atoms with Crippen LogP contribution in [0, 0.1) is 5.92 Å². The van der Waals surface area contributed by atoms with E-state index in [9.17, 15) is 4.79 Å². The fourth-order valence-corrected chi connectivity index (χ4v) is 4.00. The third-order valence-corrected chi connectivity index (χ3v) is 5.93. The Bertz CT molecular complexity index is 1020. The molecule has 0 atom stereocenters. The van der Waals surface area contributed by atoms with Gasteiger partial charge in [0.2, 0.25) is 0 Å². The van der Waals surface area contributed by atoms with Gasteiger partial charge >= 0.3 is 0 Å². The predicted octanol–water partition coefficient (Wildman–Crippen LogP) is 6.38. The Morgan fingerprint density at radius 2 is 1.85 bits per heavy atom. The van der Waals surface area contributed by atoms with Crippen LogP contribution in [-0.4, -0.2) is 28.6 Å². The van der Waals surface area contributed by atoms with Crippen molar-refractivity contribution >= 4 is 16.9 Å². The van der Waals surface area contributed by atoms with Gasteiger partial charge < -0.3 is 14.6 Å². The molecule has 1 aromatic heterocycles. The normalized spacial score (nSPS) is 11.3. The van der Waals surface area contributed by atoms with Crippen LogP contribution in [0.2, 0.25) is 0 Å². The highest BCUT2D eigenvalue weighted by Crippen LogP contribution is 2.23. The van der Waals surface area contributed by atoms with Crippen molar-refractivity contribution in [1.29, 1.82) is 0 Å². The maximum absolute atomic E-state index is 12.6. The molecule has 0 saturated carbocycles. The number of benzene rings is 2. The van der Waals surface area contributed by atoms with E-state index in [-0.39, 0.29) is 5.91 Å². The highest BCUT2D eigenvalue weighted by Gasteiger charge is 2.15. The number of rotatable bonds is 13. The van der Waals surface area contributed by atoms with Gasteiger partial charge in [0.15, 0.2) is 0 Å². The third kappa shape index (κ3) is 7.08. The van der Waals surface area contributed by atoms with E-state index >= 15 is 0 Å². The Balaban J connectivity index is 1.80. The molecule has 5 nitrogen and oxygen atoms in total. The summed E-state index contributed by atoms with van der Waals surface area (Å²) in [4.78, 5) is 17.6. The summed E-state index contributed by atoms with van der Waals surface area (Å²) in [5.41, 5.74) is 3.86. The van der Waals surface area contributed by atoms with E-state index in [0.29, 0.717) is 18.1 Å². The van der Waals surface area contributed by atoms with Crippen LogP contribution in [0.5, 0.6) is 5.75 Å². The third-order valence-electron chi connectivity index (χ3n) is 5.93. The zero-order chi connectivity index (χ0) is 23.6. The molecule has 3 aromatic rings. The lowest BCUT2D eigenvalue weighted by molar-refractivity contribution is 0.0953. The summed E-state index contributed by atoms with van der Waals surface area (Å²) < 4.78 is 7.89. The molecule has 0 spiro atoms. The first-order valence-corrected chi connectivity index (χ1v) is 12.5. The lowest BCUT2D eigenvalue weighted by atomic mass is 10.1. The molecule has 1 amide bonds. The average molecular weight is 450 g/mol. The SMILES string of the molecule is CCCCCCNC(=O)c1ccc2c(c1)nc(Cc1ccc(OCC)cc1)n2CCC(C)C. The summed E-state index contributed by atoms with van der Waals surface area (Å²) >= 11 is 0. The number of amides is 1. The van der Waals surface area contributed by atoms with Gasteiger partial charge in [0.1, 0.15) is 11.6 Å². The second-order valence-electron chi connectivity index (χ2n) is 9.14. The van der Waals surface area contributed by atoms with Crippen LogP contribution < -0.4 is 10.1 Å². The molecule has 0 unspecified atom stereocenters. The van der Waals surface area contributed by atoms with E-state index in [1.54, 1.807) is 0 Å². The van der Waals surface area contributed by atoms with Gasteiger partial charge in [0.05, 0.1) is 17.6 Å². The molecule has 3 rings (SSSR count). The number of nitrogens with zero attached hydrogens (tertiary/aromatic N) is 2. The molecular formula is C28H39N3O2. The first-order chi connectivity index (χ1) is 16.0. The Hall–Kier alpha value is -2.82. The first-order valence-electron chi connectivity index (χ1n) is 12.5. The van der Waals surface area contributed by atoms with Crippen molar-refractivity contribution in [3.05, 3.63) is 59.4 Å². The predicted molar refractivity (Wildman–Crippen MR) is 136 cm³/mol.